The summed E-state index contributed by atoms with van der Waals surface area (Å²) in [5, 5.41) is 0.345. The SMILES string of the molecule is CCOC(=O)C=Cc1ccc(NS(=O)(=O)c2cccc(Cl)c2)cc1. The molecule has 2 rings (SSSR count). The lowest BCUT2D eigenvalue weighted by molar-refractivity contribution is -0.137. The van der Waals surface area contributed by atoms with Gasteiger partial charge in [0.15, 0.2) is 0 Å². The second-order valence-corrected chi connectivity index (χ2v) is 6.89. The molecule has 0 amide bonds. The fourth-order valence-corrected chi connectivity index (χ4v) is 3.22. The van der Waals surface area contributed by atoms with E-state index in [1.54, 1.807) is 49.4 Å². The fraction of sp³-hybridized carbons (Fsp3) is 0.118. The topological polar surface area (TPSA) is 72.5 Å². The van der Waals surface area contributed by atoms with E-state index in [0.29, 0.717) is 17.3 Å². The van der Waals surface area contributed by atoms with Crippen molar-refractivity contribution in [2.24, 2.45) is 0 Å². The van der Waals surface area contributed by atoms with Gasteiger partial charge in [-0.1, -0.05) is 29.8 Å². The van der Waals surface area contributed by atoms with E-state index in [0.717, 1.165) is 5.56 Å². The Balaban J connectivity index is 2.10. The molecule has 0 saturated carbocycles. The van der Waals surface area contributed by atoms with E-state index in [1.165, 1.54) is 18.2 Å². The van der Waals surface area contributed by atoms with E-state index in [2.05, 4.69) is 4.72 Å². The van der Waals surface area contributed by atoms with Crippen LogP contribution >= 0.6 is 11.6 Å². The molecule has 0 aromatic heterocycles. The van der Waals surface area contributed by atoms with Gasteiger partial charge in [0.05, 0.1) is 11.5 Å². The summed E-state index contributed by atoms with van der Waals surface area (Å²) >= 11 is 5.82. The van der Waals surface area contributed by atoms with Crippen LogP contribution in [0.2, 0.25) is 5.02 Å². The molecule has 2 aromatic carbocycles. The van der Waals surface area contributed by atoms with E-state index in [9.17, 15) is 13.2 Å². The Hall–Kier alpha value is -2.31. The van der Waals surface area contributed by atoms with Crippen molar-refractivity contribution in [1.82, 2.24) is 0 Å². The summed E-state index contributed by atoms with van der Waals surface area (Å²) in [7, 11) is -3.71. The largest absolute Gasteiger partial charge is 0.463 e. The number of hydrogen-bond acceptors (Lipinski definition) is 4. The zero-order valence-electron chi connectivity index (χ0n) is 12.9. The van der Waals surface area contributed by atoms with Crippen molar-refractivity contribution in [2.75, 3.05) is 11.3 Å². The van der Waals surface area contributed by atoms with Crippen molar-refractivity contribution in [3.63, 3.8) is 0 Å². The molecule has 0 aliphatic heterocycles. The standard InChI is InChI=1S/C17H16ClNO4S/c1-2-23-17(20)11-8-13-6-9-15(10-7-13)19-24(21,22)16-5-3-4-14(18)12-16/h3-12,19H,2H2,1H3. The molecule has 0 unspecified atom stereocenters. The number of hydrogen-bond donors (Lipinski definition) is 1. The number of ether oxygens (including phenoxy) is 1. The average Bonchev–Trinajstić information content (AvgIpc) is 2.54. The molecule has 7 heteroatoms. The van der Waals surface area contributed by atoms with Gasteiger partial charge in [0.25, 0.3) is 10.0 Å². The fourth-order valence-electron chi connectivity index (χ4n) is 1.87. The van der Waals surface area contributed by atoms with Gasteiger partial charge in [-0.2, -0.15) is 0 Å². The highest BCUT2D eigenvalue weighted by Crippen LogP contribution is 2.19. The van der Waals surface area contributed by atoms with Gasteiger partial charge in [0, 0.05) is 16.8 Å². The number of benzene rings is 2. The second kappa shape index (κ2) is 7.99. The Kier molecular flexibility index (Phi) is 6.00. The quantitative estimate of drug-likeness (QED) is 0.625. The van der Waals surface area contributed by atoms with Crippen LogP contribution in [0, 0.1) is 0 Å². The first-order chi connectivity index (χ1) is 11.4. The van der Waals surface area contributed by atoms with E-state index in [-0.39, 0.29) is 4.90 Å². The molecule has 5 nitrogen and oxygen atoms in total. The van der Waals surface area contributed by atoms with Gasteiger partial charge in [0.1, 0.15) is 0 Å². The normalized spacial score (nSPS) is 11.4. The zero-order valence-corrected chi connectivity index (χ0v) is 14.5. The van der Waals surface area contributed by atoms with Crippen LogP contribution in [0.4, 0.5) is 5.69 Å². The van der Waals surface area contributed by atoms with Crippen LogP contribution < -0.4 is 4.72 Å². The monoisotopic (exact) mass is 365 g/mol. The van der Waals surface area contributed by atoms with Crippen molar-refractivity contribution in [1.29, 1.82) is 0 Å². The van der Waals surface area contributed by atoms with Crippen LogP contribution in [0.1, 0.15) is 12.5 Å². The predicted octanol–water partition coefficient (Wildman–Crippen LogP) is 3.72. The van der Waals surface area contributed by atoms with Gasteiger partial charge in [0.2, 0.25) is 0 Å². The maximum atomic E-state index is 12.3. The van der Waals surface area contributed by atoms with Crippen LogP contribution in [0.5, 0.6) is 0 Å². The van der Waals surface area contributed by atoms with Crippen molar-refractivity contribution >= 4 is 39.4 Å². The molecule has 0 radical (unpaired) electrons. The summed E-state index contributed by atoms with van der Waals surface area (Å²) < 4.78 is 31.8. The summed E-state index contributed by atoms with van der Waals surface area (Å²) in [6, 6.07) is 12.6. The molecule has 0 aliphatic rings. The molecule has 0 fully saturated rings. The second-order valence-electron chi connectivity index (χ2n) is 4.77. The van der Waals surface area contributed by atoms with E-state index in [4.69, 9.17) is 16.3 Å². The van der Waals surface area contributed by atoms with Crippen LogP contribution in [-0.4, -0.2) is 21.0 Å². The first-order valence-electron chi connectivity index (χ1n) is 7.14. The van der Waals surface area contributed by atoms with E-state index < -0.39 is 16.0 Å². The molecule has 126 valence electrons. The third kappa shape index (κ3) is 5.11. The number of rotatable bonds is 6. The molecule has 0 heterocycles. The van der Waals surface area contributed by atoms with Crippen molar-refractivity contribution in [2.45, 2.75) is 11.8 Å². The maximum Gasteiger partial charge on any atom is 0.330 e. The Morgan fingerprint density at radius 2 is 1.92 bits per heavy atom. The molecule has 2 aromatic rings. The summed E-state index contributed by atoms with van der Waals surface area (Å²) in [5.74, 6) is -0.428. The van der Waals surface area contributed by atoms with Crippen LogP contribution in [0.3, 0.4) is 0 Å². The highest BCUT2D eigenvalue weighted by Gasteiger charge is 2.14. The lowest BCUT2D eigenvalue weighted by Gasteiger charge is -2.08. The number of carbonyl (C=O) groups is 1. The van der Waals surface area contributed by atoms with E-state index in [1.807, 2.05) is 0 Å². The highest BCUT2D eigenvalue weighted by atomic mass is 35.5. The molecule has 0 spiro atoms. The lowest BCUT2D eigenvalue weighted by atomic mass is 10.2. The van der Waals surface area contributed by atoms with Gasteiger partial charge in [-0.25, -0.2) is 13.2 Å². The number of nitrogens with one attached hydrogen (secondary N) is 1. The molecule has 0 atom stereocenters. The number of esters is 1. The number of halogens is 1. The minimum Gasteiger partial charge on any atom is -0.463 e. The van der Waals surface area contributed by atoms with Gasteiger partial charge in [-0.3, -0.25) is 4.72 Å². The Morgan fingerprint density at radius 3 is 2.54 bits per heavy atom. The van der Waals surface area contributed by atoms with Gasteiger partial charge >= 0.3 is 5.97 Å². The van der Waals surface area contributed by atoms with Crippen molar-refractivity contribution in [3.05, 3.63) is 65.2 Å². The van der Waals surface area contributed by atoms with Crippen LogP contribution in [0.25, 0.3) is 6.08 Å². The van der Waals surface area contributed by atoms with E-state index >= 15 is 0 Å². The Morgan fingerprint density at radius 1 is 1.21 bits per heavy atom. The molecule has 0 saturated heterocycles. The molecule has 1 N–H and O–H groups in total. The Bertz CT molecular complexity index is 845. The molecule has 24 heavy (non-hydrogen) atoms. The molecule has 0 aliphatic carbocycles. The summed E-state index contributed by atoms with van der Waals surface area (Å²) in [6.45, 7) is 2.04. The van der Waals surface area contributed by atoms with Gasteiger partial charge < -0.3 is 4.74 Å². The minimum atomic E-state index is -3.71. The predicted molar refractivity (Wildman–Crippen MR) is 94.4 cm³/mol. The molecule has 0 bridgehead atoms. The van der Waals surface area contributed by atoms with Crippen molar-refractivity contribution in [3.8, 4) is 0 Å². The van der Waals surface area contributed by atoms with Crippen LogP contribution in [0.15, 0.2) is 59.5 Å². The summed E-state index contributed by atoms with van der Waals surface area (Å²) in [6.07, 6.45) is 2.90. The van der Waals surface area contributed by atoms with Gasteiger partial charge in [-0.15, -0.1) is 0 Å². The summed E-state index contributed by atoms with van der Waals surface area (Å²) in [4.78, 5) is 11.3. The third-order valence-corrected chi connectivity index (χ3v) is 4.58. The average molecular weight is 366 g/mol. The maximum absolute atomic E-state index is 12.3. The van der Waals surface area contributed by atoms with Crippen molar-refractivity contribution < 1.29 is 17.9 Å². The highest BCUT2D eigenvalue weighted by molar-refractivity contribution is 7.92. The first kappa shape index (κ1) is 18.0. The first-order valence-corrected chi connectivity index (χ1v) is 9.00. The Labute approximate surface area is 146 Å². The number of anilines is 1. The third-order valence-electron chi connectivity index (χ3n) is 2.97. The lowest BCUT2D eigenvalue weighted by Crippen LogP contribution is -2.12. The summed E-state index contributed by atoms with van der Waals surface area (Å²) in [5.41, 5.74) is 1.15. The number of sulfonamides is 1. The van der Waals surface area contributed by atoms with Crippen LogP contribution in [-0.2, 0) is 19.6 Å². The zero-order chi connectivity index (χ0) is 17.6. The smallest absolute Gasteiger partial charge is 0.330 e. The molecular formula is C17H16ClNO4S. The van der Waals surface area contributed by atoms with Gasteiger partial charge in [-0.05, 0) is 48.9 Å². The molecular weight excluding hydrogens is 350 g/mol. The number of carbonyl (C=O) groups excluding carboxylic acids is 1. The minimum absolute atomic E-state index is 0.0845.